The fourth-order valence-corrected chi connectivity index (χ4v) is 8.26. The fraction of sp³-hybridized carbons (Fsp3) is 0.0667. The van der Waals surface area contributed by atoms with E-state index in [-0.39, 0.29) is 5.41 Å². The fourth-order valence-electron chi connectivity index (χ4n) is 8.26. The lowest BCUT2D eigenvalue weighted by Crippen LogP contribution is -2.15. The Morgan fingerprint density at radius 2 is 1.10 bits per heavy atom. The predicted octanol–water partition coefficient (Wildman–Crippen LogP) is 11.5. The molecule has 0 saturated carbocycles. The van der Waals surface area contributed by atoms with Gasteiger partial charge in [-0.15, -0.1) is 0 Å². The van der Waals surface area contributed by atoms with Crippen LogP contribution in [0, 0.1) is 0 Å². The van der Waals surface area contributed by atoms with Crippen molar-refractivity contribution in [3.8, 4) is 39.5 Å². The molecule has 0 aliphatic heterocycles. The van der Waals surface area contributed by atoms with E-state index < -0.39 is 0 Å². The minimum Gasteiger partial charge on any atom is -0.277 e. The average Bonchev–Trinajstić information content (AvgIpc) is 3.61. The minimum atomic E-state index is -0.170. The van der Waals surface area contributed by atoms with Crippen LogP contribution in [0.15, 0.2) is 152 Å². The zero-order chi connectivity index (χ0) is 32.0. The van der Waals surface area contributed by atoms with Gasteiger partial charge >= 0.3 is 0 Å². The van der Waals surface area contributed by atoms with Crippen LogP contribution < -0.4 is 0 Å². The second-order valence-corrected chi connectivity index (χ2v) is 13.4. The van der Waals surface area contributed by atoms with E-state index in [1.54, 1.807) is 0 Å². The van der Waals surface area contributed by atoms with E-state index in [0.29, 0.717) is 5.95 Å². The van der Waals surface area contributed by atoms with E-state index in [1.807, 2.05) is 0 Å². The highest BCUT2D eigenvalue weighted by atomic mass is 15.2. The summed E-state index contributed by atoms with van der Waals surface area (Å²) in [6, 6.07) is 54.3. The third kappa shape index (κ3) is 3.70. The molecule has 0 bridgehead atoms. The first-order valence-electron chi connectivity index (χ1n) is 16.6. The van der Waals surface area contributed by atoms with Gasteiger partial charge in [0.25, 0.3) is 0 Å². The van der Waals surface area contributed by atoms with Crippen molar-refractivity contribution in [2.75, 3.05) is 0 Å². The van der Waals surface area contributed by atoms with Crippen LogP contribution in [0.4, 0.5) is 0 Å². The largest absolute Gasteiger partial charge is 0.277 e. The van der Waals surface area contributed by atoms with Crippen LogP contribution >= 0.6 is 0 Å². The molecule has 0 spiro atoms. The molecular weight excluding hydrogens is 583 g/mol. The summed E-state index contributed by atoms with van der Waals surface area (Å²) in [7, 11) is 0. The Labute approximate surface area is 278 Å². The van der Waals surface area contributed by atoms with Gasteiger partial charge in [0.15, 0.2) is 0 Å². The standard InChI is InChI=1S/C45H31N3/c1-45(2)36-21-11-8-18-33(36)40-41(45)32-17-7-6-16-31(32)39-35-20-10-13-23-38(35)48(43(39)40)44-46-37-22-12-9-19-34(37)42(47-44)30-26-24-29(25-27-30)28-14-4-3-5-15-28/h3-27H,1-2H3. The van der Waals surface area contributed by atoms with Crippen molar-refractivity contribution < 1.29 is 0 Å². The van der Waals surface area contributed by atoms with Gasteiger partial charge in [0.1, 0.15) is 0 Å². The Morgan fingerprint density at radius 1 is 0.500 bits per heavy atom. The smallest absolute Gasteiger partial charge is 0.235 e. The van der Waals surface area contributed by atoms with E-state index in [1.165, 1.54) is 60.4 Å². The van der Waals surface area contributed by atoms with Gasteiger partial charge in [0, 0.05) is 32.7 Å². The normalized spacial score (nSPS) is 13.4. The van der Waals surface area contributed by atoms with Crippen LogP contribution in [-0.4, -0.2) is 14.5 Å². The minimum absolute atomic E-state index is 0.170. The van der Waals surface area contributed by atoms with E-state index in [9.17, 15) is 0 Å². The number of hydrogen-bond donors (Lipinski definition) is 0. The van der Waals surface area contributed by atoms with E-state index in [0.717, 1.165) is 27.7 Å². The quantitative estimate of drug-likeness (QED) is 0.198. The van der Waals surface area contributed by atoms with Crippen LogP contribution in [0.1, 0.15) is 25.0 Å². The molecule has 3 nitrogen and oxygen atoms in total. The molecule has 0 saturated heterocycles. The summed E-state index contributed by atoms with van der Waals surface area (Å²) in [6.07, 6.45) is 0. The Hall–Kier alpha value is -6.06. The molecule has 7 aromatic carbocycles. The maximum Gasteiger partial charge on any atom is 0.235 e. The Bertz CT molecular complexity index is 2730. The Kier molecular flexibility index (Phi) is 5.63. The van der Waals surface area contributed by atoms with E-state index >= 15 is 0 Å². The zero-order valence-electron chi connectivity index (χ0n) is 26.8. The van der Waals surface area contributed by atoms with Crippen LogP contribution in [0.5, 0.6) is 0 Å². The van der Waals surface area contributed by atoms with Gasteiger partial charge in [-0.2, -0.15) is 0 Å². The number of fused-ring (bicyclic) bond motifs is 11. The van der Waals surface area contributed by atoms with Crippen molar-refractivity contribution in [1.29, 1.82) is 0 Å². The summed E-state index contributed by atoms with van der Waals surface area (Å²) in [6.45, 7) is 4.74. The molecule has 1 aliphatic rings. The molecule has 0 atom stereocenters. The van der Waals surface area contributed by atoms with Crippen molar-refractivity contribution >= 4 is 43.5 Å². The zero-order valence-corrected chi connectivity index (χ0v) is 26.8. The molecule has 0 unspecified atom stereocenters. The number of hydrogen-bond acceptors (Lipinski definition) is 2. The van der Waals surface area contributed by atoms with Gasteiger partial charge in [0.05, 0.1) is 22.2 Å². The van der Waals surface area contributed by atoms with Crippen molar-refractivity contribution in [3.63, 3.8) is 0 Å². The van der Waals surface area contributed by atoms with Crippen molar-refractivity contribution in [1.82, 2.24) is 14.5 Å². The van der Waals surface area contributed by atoms with E-state index in [2.05, 4.69) is 170 Å². The lowest BCUT2D eigenvalue weighted by atomic mass is 9.79. The summed E-state index contributed by atoms with van der Waals surface area (Å²) >= 11 is 0. The molecule has 2 heterocycles. The molecule has 9 aromatic rings. The van der Waals surface area contributed by atoms with Gasteiger partial charge in [0.2, 0.25) is 5.95 Å². The molecular formula is C45H31N3. The molecule has 1 aliphatic carbocycles. The first-order valence-corrected chi connectivity index (χ1v) is 16.6. The second-order valence-electron chi connectivity index (χ2n) is 13.4. The summed E-state index contributed by atoms with van der Waals surface area (Å²) in [5, 5.41) is 6.07. The van der Waals surface area contributed by atoms with Crippen LogP contribution in [0.25, 0.3) is 82.9 Å². The molecule has 10 rings (SSSR count). The third-order valence-corrected chi connectivity index (χ3v) is 10.4. The van der Waals surface area contributed by atoms with Crippen LogP contribution in [0.2, 0.25) is 0 Å². The molecule has 0 fully saturated rings. The second kappa shape index (κ2) is 9.97. The number of benzene rings is 7. The van der Waals surface area contributed by atoms with Gasteiger partial charge in [-0.1, -0.05) is 153 Å². The molecule has 0 N–H and O–H groups in total. The van der Waals surface area contributed by atoms with Gasteiger partial charge in [-0.3, -0.25) is 4.57 Å². The molecule has 48 heavy (non-hydrogen) atoms. The van der Waals surface area contributed by atoms with Crippen molar-refractivity contribution in [2.45, 2.75) is 19.3 Å². The number of para-hydroxylation sites is 2. The highest BCUT2D eigenvalue weighted by Gasteiger charge is 2.39. The lowest BCUT2D eigenvalue weighted by molar-refractivity contribution is 0.666. The number of rotatable bonds is 3. The molecule has 0 radical (unpaired) electrons. The SMILES string of the molecule is CC1(C)c2ccccc2-c2c1c1ccccc1c1c3ccccc3n(-c3nc(-c4ccc(-c5ccccc5)cc4)c4ccccc4n3)c21. The molecule has 0 amide bonds. The molecule has 226 valence electrons. The highest BCUT2D eigenvalue weighted by Crippen LogP contribution is 2.56. The maximum atomic E-state index is 5.47. The van der Waals surface area contributed by atoms with Crippen molar-refractivity contribution in [3.05, 3.63) is 163 Å². The summed E-state index contributed by atoms with van der Waals surface area (Å²) in [5.41, 5.74) is 12.7. The molecule has 2 aromatic heterocycles. The lowest BCUT2D eigenvalue weighted by Gasteiger charge is -2.23. The van der Waals surface area contributed by atoms with Crippen molar-refractivity contribution in [2.24, 2.45) is 0 Å². The first-order chi connectivity index (χ1) is 23.6. The topological polar surface area (TPSA) is 30.7 Å². The third-order valence-electron chi connectivity index (χ3n) is 10.4. The Balaban J connectivity index is 1.33. The Morgan fingerprint density at radius 3 is 1.92 bits per heavy atom. The summed E-state index contributed by atoms with van der Waals surface area (Å²) in [5.74, 6) is 0.682. The number of nitrogens with zero attached hydrogens (tertiary/aromatic N) is 3. The maximum absolute atomic E-state index is 5.47. The average molecular weight is 614 g/mol. The monoisotopic (exact) mass is 613 g/mol. The van der Waals surface area contributed by atoms with Gasteiger partial charge in [-0.25, -0.2) is 9.97 Å². The van der Waals surface area contributed by atoms with Crippen LogP contribution in [-0.2, 0) is 5.41 Å². The first kappa shape index (κ1) is 27.1. The number of aromatic nitrogens is 3. The van der Waals surface area contributed by atoms with Gasteiger partial charge < -0.3 is 0 Å². The van der Waals surface area contributed by atoms with Gasteiger partial charge in [-0.05, 0) is 50.7 Å². The summed E-state index contributed by atoms with van der Waals surface area (Å²) in [4.78, 5) is 10.8. The predicted molar refractivity (Wildman–Crippen MR) is 200 cm³/mol. The van der Waals surface area contributed by atoms with Crippen LogP contribution in [0.3, 0.4) is 0 Å². The summed E-state index contributed by atoms with van der Waals surface area (Å²) < 4.78 is 2.34. The highest BCUT2D eigenvalue weighted by molar-refractivity contribution is 6.27. The van der Waals surface area contributed by atoms with E-state index in [4.69, 9.17) is 9.97 Å². The molecule has 3 heteroatoms.